The summed E-state index contributed by atoms with van der Waals surface area (Å²) < 4.78 is 0. The number of rotatable bonds is 6. The van der Waals surface area contributed by atoms with Gasteiger partial charge in [-0.2, -0.15) is 0 Å². The smallest absolute Gasteiger partial charge is 0.253 e. The quantitative estimate of drug-likeness (QED) is 0.640. The van der Waals surface area contributed by atoms with Gasteiger partial charge in [-0.1, -0.05) is 62.1 Å². The van der Waals surface area contributed by atoms with Crippen LogP contribution in [0.1, 0.15) is 43.0 Å². The second-order valence-electron chi connectivity index (χ2n) is 4.82. The van der Waals surface area contributed by atoms with Gasteiger partial charge in [0.25, 0.3) is 5.91 Å². The van der Waals surface area contributed by atoms with Crippen LogP contribution in [0, 0.1) is 0 Å². The number of carbonyl (C=O) groups is 1. The highest BCUT2D eigenvalue weighted by molar-refractivity contribution is 6.34. The summed E-state index contributed by atoms with van der Waals surface area (Å²) in [6, 6.07) is 7.57. The predicted molar refractivity (Wildman–Crippen MR) is 83.2 cm³/mol. The molecule has 1 aromatic carbocycles. The monoisotopic (exact) mass is 290 g/mol. The number of nitrogens with one attached hydrogen (secondary N) is 1. The first-order valence-electron chi connectivity index (χ1n) is 7.05. The van der Waals surface area contributed by atoms with Crippen molar-refractivity contribution in [2.24, 2.45) is 0 Å². The molecule has 0 aliphatic rings. The van der Waals surface area contributed by atoms with Crippen LogP contribution in [0.15, 0.2) is 30.5 Å². The molecule has 0 aliphatic heterocycles. The Balaban J connectivity index is 2.09. The van der Waals surface area contributed by atoms with E-state index in [1.54, 1.807) is 6.20 Å². The van der Waals surface area contributed by atoms with Crippen molar-refractivity contribution in [3.8, 4) is 0 Å². The molecule has 1 aromatic heterocycles. The largest absolute Gasteiger partial charge is 0.352 e. The Morgan fingerprint density at radius 2 is 1.95 bits per heavy atom. The van der Waals surface area contributed by atoms with Crippen LogP contribution in [0.5, 0.6) is 0 Å². The van der Waals surface area contributed by atoms with E-state index < -0.39 is 0 Å². The predicted octanol–water partition coefficient (Wildman–Crippen LogP) is 4.20. The van der Waals surface area contributed by atoms with Gasteiger partial charge in [-0.15, -0.1) is 0 Å². The molecule has 0 saturated carbocycles. The van der Waals surface area contributed by atoms with Crippen molar-refractivity contribution in [2.45, 2.75) is 32.6 Å². The van der Waals surface area contributed by atoms with Gasteiger partial charge in [-0.3, -0.25) is 4.79 Å². The number of hydrogen-bond acceptors (Lipinski definition) is 2. The lowest BCUT2D eigenvalue weighted by Crippen LogP contribution is -2.24. The van der Waals surface area contributed by atoms with Gasteiger partial charge in [0.05, 0.1) is 5.56 Å². The maximum Gasteiger partial charge on any atom is 0.253 e. The van der Waals surface area contributed by atoms with Crippen LogP contribution in [-0.4, -0.2) is 17.4 Å². The number of nitrogens with zero attached hydrogens (tertiary/aromatic N) is 1. The van der Waals surface area contributed by atoms with Crippen molar-refractivity contribution >= 4 is 28.3 Å². The first-order valence-corrected chi connectivity index (χ1v) is 7.43. The van der Waals surface area contributed by atoms with E-state index in [-0.39, 0.29) is 5.91 Å². The molecule has 0 fully saturated rings. The molecular formula is C16H19ClN2O. The van der Waals surface area contributed by atoms with E-state index in [4.69, 9.17) is 11.6 Å². The van der Waals surface area contributed by atoms with Gasteiger partial charge < -0.3 is 5.32 Å². The lowest BCUT2D eigenvalue weighted by atomic mass is 10.1. The van der Waals surface area contributed by atoms with Crippen LogP contribution in [-0.2, 0) is 0 Å². The normalized spacial score (nSPS) is 10.7. The Kier molecular flexibility index (Phi) is 5.36. The molecule has 1 heterocycles. The topological polar surface area (TPSA) is 42.0 Å². The number of pyridine rings is 1. The number of fused-ring (bicyclic) bond motifs is 1. The first-order chi connectivity index (χ1) is 9.74. The maximum absolute atomic E-state index is 12.2. The average molecular weight is 291 g/mol. The summed E-state index contributed by atoms with van der Waals surface area (Å²) in [6.07, 6.45) is 6.11. The molecule has 1 N–H and O–H groups in total. The van der Waals surface area contributed by atoms with E-state index in [2.05, 4.69) is 17.2 Å². The molecule has 20 heavy (non-hydrogen) atoms. The zero-order valence-electron chi connectivity index (χ0n) is 11.7. The molecule has 0 bridgehead atoms. The fourth-order valence-corrected chi connectivity index (χ4v) is 2.40. The first kappa shape index (κ1) is 14.8. The molecule has 2 aromatic rings. The fourth-order valence-electron chi connectivity index (χ4n) is 2.19. The average Bonchev–Trinajstić information content (AvgIpc) is 2.47. The van der Waals surface area contributed by atoms with Crippen LogP contribution in [0.4, 0.5) is 0 Å². The van der Waals surface area contributed by atoms with Crippen LogP contribution < -0.4 is 5.32 Å². The highest BCUT2D eigenvalue weighted by atomic mass is 35.5. The van der Waals surface area contributed by atoms with E-state index in [1.807, 2.05) is 24.3 Å². The van der Waals surface area contributed by atoms with Crippen molar-refractivity contribution in [2.75, 3.05) is 6.54 Å². The van der Waals surface area contributed by atoms with E-state index in [0.717, 1.165) is 23.6 Å². The molecule has 0 atom stereocenters. The number of carbonyl (C=O) groups excluding carboxylic acids is 1. The summed E-state index contributed by atoms with van der Waals surface area (Å²) in [5.41, 5.74) is 0.584. The van der Waals surface area contributed by atoms with Gasteiger partial charge in [0.1, 0.15) is 5.15 Å². The Bertz CT molecular complexity index is 598. The molecule has 0 spiro atoms. The second-order valence-corrected chi connectivity index (χ2v) is 5.18. The number of unbranched alkanes of at least 4 members (excludes halogenated alkanes) is 3. The van der Waals surface area contributed by atoms with E-state index in [1.165, 1.54) is 12.8 Å². The molecule has 0 unspecified atom stereocenters. The van der Waals surface area contributed by atoms with E-state index >= 15 is 0 Å². The number of hydrogen-bond donors (Lipinski definition) is 1. The summed E-state index contributed by atoms with van der Waals surface area (Å²) in [7, 11) is 0. The fraction of sp³-hybridized carbons (Fsp3) is 0.375. The molecular weight excluding hydrogens is 272 g/mol. The molecule has 3 nitrogen and oxygen atoms in total. The minimum atomic E-state index is -0.0816. The number of benzene rings is 1. The van der Waals surface area contributed by atoms with Gasteiger partial charge in [0, 0.05) is 18.1 Å². The summed E-state index contributed by atoms with van der Waals surface area (Å²) in [6.45, 7) is 2.87. The number of aromatic nitrogens is 1. The molecule has 0 aliphatic carbocycles. The SMILES string of the molecule is CCCCCCNC(=O)c1cnc(Cl)c2ccccc12. The van der Waals surface area contributed by atoms with Crippen LogP contribution in [0.25, 0.3) is 10.8 Å². The molecule has 1 amide bonds. The van der Waals surface area contributed by atoms with Crippen LogP contribution in [0.3, 0.4) is 0 Å². The highest BCUT2D eigenvalue weighted by Gasteiger charge is 2.11. The number of amides is 1. The van der Waals surface area contributed by atoms with Crippen molar-refractivity contribution in [3.05, 3.63) is 41.2 Å². The van der Waals surface area contributed by atoms with Gasteiger partial charge in [0.15, 0.2) is 0 Å². The van der Waals surface area contributed by atoms with Gasteiger partial charge in [-0.05, 0) is 11.8 Å². The summed E-state index contributed by atoms with van der Waals surface area (Å²) in [4.78, 5) is 16.3. The minimum absolute atomic E-state index is 0.0816. The standard InChI is InChI=1S/C16H19ClN2O/c1-2-3-4-7-10-18-16(20)14-11-19-15(17)13-9-6-5-8-12(13)14/h5-6,8-9,11H,2-4,7,10H2,1H3,(H,18,20). The zero-order valence-corrected chi connectivity index (χ0v) is 12.4. The van der Waals surface area contributed by atoms with E-state index in [9.17, 15) is 4.79 Å². The van der Waals surface area contributed by atoms with Crippen molar-refractivity contribution in [3.63, 3.8) is 0 Å². The van der Waals surface area contributed by atoms with E-state index in [0.29, 0.717) is 17.3 Å². The minimum Gasteiger partial charge on any atom is -0.352 e. The molecule has 2 rings (SSSR count). The van der Waals surface area contributed by atoms with Crippen molar-refractivity contribution in [1.29, 1.82) is 0 Å². The van der Waals surface area contributed by atoms with Gasteiger partial charge in [-0.25, -0.2) is 4.98 Å². The van der Waals surface area contributed by atoms with Gasteiger partial charge >= 0.3 is 0 Å². The molecule has 4 heteroatoms. The molecule has 0 saturated heterocycles. The van der Waals surface area contributed by atoms with Crippen LogP contribution in [0.2, 0.25) is 5.15 Å². The van der Waals surface area contributed by atoms with Gasteiger partial charge in [0.2, 0.25) is 0 Å². The lowest BCUT2D eigenvalue weighted by molar-refractivity contribution is 0.0954. The maximum atomic E-state index is 12.2. The summed E-state index contributed by atoms with van der Waals surface area (Å²) in [5.74, 6) is -0.0816. The molecule has 0 radical (unpaired) electrons. The molecule has 106 valence electrons. The summed E-state index contributed by atoms with van der Waals surface area (Å²) in [5, 5.41) is 5.04. The van der Waals surface area contributed by atoms with Crippen molar-refractivity contribution in [1.82, 2.24) is 10.3 Å². The summed E-state index contributed by atoms with van der Waals surface area (Å²) >= 11 is 6.05. The Hall–Kier alpha value is -1.61. The lowest BCUT2D eigenvalue weighted by Gasteiger charge is -2.08. The van der Waals surface area contributed by atoms with Crippen molar-refractivity contribution < 1.29 is 4.79 Å². The Morgan fingerprint density at radius 3 is 2.70 bits per heavy atom. The third-order valence-electron chi connectivity index (χ3n) is 3.31. The van der Waals surface area contributed by atoms with Crippen LogP contribution >= 0.6 is 11.6 Å². The Morgan fingerprint density at radius 1 is 1.20 bits per heavy atom. The Labute approximate surface area is 124 Å². The third kappa shape index (κ3) is 3.48. The number of halogens is 1. The third-order valence-corrected chi connectivity index (χ3v) is 3.61. The highest BCUT2D eigenvalue weighted by Crippen LogP contribution is 2.24. The zero-order chi connectivity index (χ0) is 14.4. The second kappa shape index (κ2) is 7.25.